The third kappa shape index (κ3) is 4.58. The van der Waals surface area contributed by atoms with Gasteiger partial charge in [0.25, 0.3) is 0 Å². The van der Waals surface area contributed by atoms with Gasteiger partial charge in [0, 0.05) is 31.5 Å². The molecular weight excluding hydrogens is 693 g/mol. The van der Waals surface area contributed by atoms with E-state index in [-0.39, 0.29) is 5.41 Å². The van der Waals surface area contributed by atoms with E-state index in [1.807, 2.05) is 11.3 Å². The van der Waals surface area contributed by atoms with Crippen molar-refractivity contribution in [2.24, 2.45) is 5.92 Å². The largest absolute Gasteiger partial charge is 0.135 e. The van der Waals surface area contributed by atoms with Gasteiger partial charge in [0.2, 0.25) is 0 Å². The van der Waals surface area contributed by atoms with Crippen molar-refractivity contribution in [1.82, 2.24) is 0 Å². The van der Waals surface area contributed by atoms with Crippen molar-refractivity contribution in [3.8, 4) is 11.1 Å². The van der Waals surface area contributed by atoms with Crippen molar-refractivity contribution in [1.29, 1.82) is 0 Å². The number of allylic oxidation sites excluding steroid dienone is 9. The number of hydrogen-bond donors (Lipinski definition) is 0. The Balaban J connectivity index is 1.02. The van der Waals surface area contributed by atoms with Crippen LogP contribution in [0.4, 0.5) is 0 Å². The third-order valence-electron chi connectivity index (χ3n) is 13.5. The number of rotatable bonds is 3. The average molecular weight is 735 g/mol. The molecule has 0 N–H and O–H groups in total. The summed E-state index contributed by atoms with van der Waals surface area (Å²) in [6, 6.07) is 43.7. The second-order valence-electron chi connectivity index (χ2n) is 16.9. The zero-order valence-corrected chi connectivity index (χ0v) is 32.8. The maximum Gasteiger partial charge on any atom is 0.0408 e. The van der Waals surface area contributed by atoms with E-state index in [1.165, 1.54) is 114 Å². The van der Waals surface area contributed by atoms with Crippen molar-refractivity contribution in [2.75, 3.05) is 0 Å². The number of aryl methyl sites for hydroxylation is 1. The molecule has 8 aromatic rings. The molecule has 0 nitrogen and oxygen atoms in total. The van der Waals surface area contributed by atoms with Crippen LogP contribution in [0.5, 0.6) is 0 Å². The quantitative estimate of drug-likeness (QED) is 0.159. The maximum atomic E-state index is 2.66. The topological polar surface area (TPSA) is 0 Å². The van der Waals surface area contributed by atoms with Gasteiger partial charge in [-0.3, -0.25) is 0 Å². The lowest BCUT2D eigenvalue weighted by Crippen LogP contribution is -2.17. The summed E-state index contributed by atoms with van der Waals surface area (Å²) in [4.78, 5) is 0. The molecule has 1 unspecified atom stereocenters. The molecule has 7 aromatic carbocycles. The molecule has 4 aliphatic carbocycles. The van der Waals surface area contributed by atoms with Gasteiger partial charge in [0.1, 0.15) is 0 Å². The Morgan fingerprint density at radius 2 is 1.29 bits per heavy atom. The summed E-state index contributed by atoms with van der Waals surface area (Å²) in [6.45, 7) is 4.94. The molecule has 1 aromatic heterocycles. The van der Waals surface area contributed by atoms with Gasteiger partial charge in [-0.25, -0.2) is 0 Å². The highest BCUT2D eigenvalue weighted by atomic mass is 32.1. The third-order valence-corrected chi connectivity index (χ3v) is 14.7. The maximum absolute atomic E-state index is 2.66. The Kier molecular flexibility index (Phi) is 7.03. The molecule has 0 fully saturated rings. The highest BCUT2D eigenvalue weighted by Crippen LogP contribution is 2.59. The van der Waals surface area contributed by atoms with Gasteiger partial charge in [0.15, 0.2) is 0 Å². The summed E-state index contributed by atoms with van der Waals surface area (Å²) >= 11 is 1.99. The van der Waals surface area contributed by atoms with Crippen molar-refractivity contribution >= 4 is 81.0 Å². The highest BCUT2D eigenvalue weighted by molar-refractivity contribution is 7.26. The van der Waals surface area contributed by atoms with Crippen LogP contribution in [0.2, 0.25) is 0 Å². The minimum atomic E-state index is -0.0639. The van der Waals surface area contributed by atoms with Crippen LogP contribution in [0, 0.1) is 5.92 Å². The van der Waals surface area contributed by atoms with Crippen LogP contribution in [0.25, 0.3) is 80.8 Å². The minimum absolute atomic E-state index is 0.0639. The molecule has 12 rings (SSSR count). The molecule has 1 heteroatoms. The molecule has 1 atom stereocenters. The molecule has 0 aliphatic heterocycles. The first-order valence-corrected chi connectivity index (χ1v) is 21.3. The van der Waals surface area contributed by atoms with Crippen LogP contribution in [-0.4, -0.2) is 0 Å². The van der Waals surface area contributed by atoms with E-state index in [9.17, 15) is 0 Å². The molecule has 268 valence electrons. The lowest BCUT2D eigenvalue weighted by molar-refractivity contribution is 0.651. The number of benzene rings is 7. The van der Waals surface area contributed by atoms with Crippen LogP contribution in [0.3, 0.4) is 0 Å². The summed E-state index contributed by atoms with van der Waals surface area (Å²) in [5.74, 6) is 0.337. The van der Waals surface area contributed by atoms with Gasteiger partial charge in [-0.05, 0) is 132 Å². The van der Waals surface area contributed by atoms with Gasteiger partial charge >= 0.3 is 0 Å². The Hall–Kier alpha value is -5.76. The van der Waals surface area contributed by atoms with Gasteiger partial charge in [0.05, 0.1) is 0 Å². The fourth-order valence-corrected chi connectivity index (χ4v) is 12.4. The summed E-state index contributed by atoms with van der Waals surface area (Å²) in [5.41, 5.74) is 15.7. The SMILES string of the molecule is CC1(C)C2=CCC(C3=CCCC(c4c5ccccc5c(-c5ccc6c(c5)CCC=C6)c5ccccc45)=C3)C=C2c2c1c1sc3ccccc3c1c1ccccc21. The van der Waals surface area contributed by atoms with E-state index in [1.54, 1.807) is 0 Å². The van der Waals surface area contributed by atoms with E-state index >= 15 is 0 Å². The Morgan fingerprint density at radius 1 is 0.625 bits per heavy atom. The van der Waals surface area contributed by atoms with Gasteiger partial charge in [-0.2, -0.15) is 0 Å². The number of fused-ring (bicyclic) bond motifs is 13. The van der Waals surface area contributed by atoms with Gasteiger partial charge < -0.3 is 0 Å². The van der Waals surface area contributed by atoms with Crippen LogP contribution in [0.15, 0.2) is 157 Å². The van der Waals surface area contributed by atoms with E-state index in [4.69, 9.17) is 0 Å². The molecule has 0 bridgehead atoms. The predicted octanol–water partition coefficient (Wildman–Crippen LogP) is 15.6. The van der Waals surface area contributed by atoms with E-state index in [0.29, 0.717) is 5.92 Å². The van der Waals surface area contributed by atoms with Crippen molar-refractivity contribution in [3.05, 3.63) is 185 Å². The molecule has 0 saturated heterocycles. The highest BCUT2D eigenvalue weighted by Gasteiger charge is 2.43. The van der Waals surface area contributed by atoms with Crippen LogP contribution in [0.1, 0.15) is 67.3 Å². The number of thiophene rings is 1. The summed E-state index contributed by atoms with van der Waals surface area (Å²) in [7, 11) is 0. The predicted molar refractivity (Wildman–Crippen MR) is 244 cm³/mol. The molecular formula is C55H42S. The first kappa shape index (κ1) is 32.5. The molecule has 4 aliphatic rings. The Morgan fingerprint density at radius 3 is 2.04 bits per heavy atom. The smallest absolute Gasteiger partial charge is 0.0408 e. The second kappa shape index (κ2) is 12.1. The van der Waals surface area contributed by atoms with Crippen molar-refractivity contribution in [2.45, 2.75) is 51.4 Å². The fourth-order valence-electron chi connectivity index (χ4n) is 11.0. The monoisotopic (exact) mass is 734 g/mol. The van der Waals surface area contributed by atoms with Crippen LogP contribution in [-0.2, 0) is 11.8 Å². The van der Waals surface area contributed by atoms with Crippen molar-refractivity contribution < 1.29 is 0 Å². The zero-order chi connectivity index (χ0) is 37.1. The summed E-state index contributed by atoms with van der Waals surface area (Å²) in [6.07, 6.45) is 20.4. The summed E-state index contributed by atoms with van der Waals surface area (Å²) in [5, 5.41) is 11.0. The molecule has 0 saturated carbocycles. The van der Waals surface area contributed by atoms with Gasteiger partial charge in [-0.15, -0.1) is 11.3 Å². The molecule has 0 spiro atoms. The lowest BCUT2D eigenvalue weighted by atomic mass is 9.76. The molecule has 0 radical (unpaired) electrons. The second-order valence-corrected chi connectivity index (χ2v) is 17.9. The van der Waals surface area contributed by atoms with Crippen LogP contribution >= 0.6 is 11.3 Å². The first-order valence-electron chi connectivity index (χ1n) is 20.5. The Labute approximate surface area is 332 Å². The summed E-state index contributed by atoms with van der Waals surface area (Å²) < 4.78 is 2.84. The molecule has 1 heterocycles. The fraction of sp³-hybridized carbons (Fsp3) is 0.164. The molecule has 56 heavy (non-hydrogen) atoms. The Bertz CT molecular complexity index is 3130. The van der Waals surface area contributed by atoms with Gasteiger partial charge in [-0.1, -0.05) is 159 Å². The van der Waals surface area contributed by atoms with E-state index in [0.717, 1.165) is 32.1 Å². The van der Waals surface area contributed by atoms with E-state index < -0.39 is 0 Å². The minimum Gasteiger partial charge on any atom is -0.135 e. The normalized spacial score (nSPS) is 18.5. The zero-order valence-electron chi connectivity index (χ0n) is 32.0. The van der Waals surface area contributed by atoms with Crippen LogP contribution < -0.4 is 0 Å². The molecule has 0 amide bonds. The number of hydrogen-bond acceptors (Lipinski definition) is 1. The average Bonchev–Trinajstić information content (AvgIpc) is 3.75. The first-order chi connectivity index (χ1) is 27.5. The van der Waals surface area contributed by atoms with Crippen molar-refractivity contribution in [3.63, 3.8) is 0 Å². The standard InChI is InChI=1S/C55H42S/c1-55(2)47-29-28-36(32-46(47)51-43-22-9-10-23-44(43)52-45-24-11-12-25-48(45)56-54(52)53(51)55)35-16-13-17-37(31-35)49-39-18-5-7-20-41(39)50(42-21-8-6-19-40(42)49)38-27-26-33-14-3-4-15-34(33)30-38/h3,5-12,14,16,18-27,29-32,36H,4,13,15,17,28H2,1-2H3. The van der Waals surface area contributed by atoms with E-state index in [2.05, 4.69) is 166 Å². The lowest BCUT2D eigenvalue weighted by Gasteiger charge is -2.28.